The van der Waals surface area contributed by atoms with Crippen molar-refractivity contribution in [2.75, 3.05) is 0 Å². The smallest absolute Gasteiger partial charge is 0.186 e. The van der Waals surface area contributed by atoms with E-state index in [-0.39, 0.29) is 32.0 Å². The molecule has 3 heteroatoms. The molecule has 0 aliphatic heterocycles. The summed E-state index contributed by atoms with van der Waals surface area (Å²) in [5.41, 5.74) is 4.17. The summed E-state index contributed by atoms with van der Waals surface area (Å²) in [6, 6.07) is 38.4. The molecule has 4 aromatic carbocycles. The first-order valence-corrected chi connectivity index (χ1v) is 11.8. The molecule has 0 bridgehead atoms. The number of ketones is 2. The van der Waals surface area contributed by atoms with Gasteiger partial charge in [-0.05, 0) is 46.6 Å². The predicted molar refractivity (Wildman–Crippen MR) is 150 cm³/mol. The maximum Gasteiger partial charge on any atom is 0.186 e. The average molecular weight is 573 g/mol. The zero-order valence-corrected chi connectivity index (χ0v) is 21.7. The minimum absolute atomic E-state index is 0. The van der Waals surface area contributed by atoms with Gasteiger partial charge in [0.2, 0.25) is 0 Å². The minimum atomic E-state index is -0.244. The zero-order valence-electron chi connectivity index (χ0n) is 20.1. The van der Waals surface area contributed by atoms with Crippen molar-refractivity contribution in [3.8, 4) is 0 Å². The molecule has 4 aromatic rings. The monoisotopic (exact) mass is 572 g/mol. The fraction of sp³-hybridized carbons (Fsp3) is 0. The molecule has 2 nitrogen and oxygen atoms in total. The van der Waals surface area contributed by atoms with Gasteiger partial charge in [0, 0.05) is 31.6 Å². The Morgan fingerprint density at radius 1 is 0.405 bits per heavy atom. The first-order chi connectivity index (χ1) is 17.7. The van der Waals surface area contributed by atoms with Crippen LogP contribution in [0.4, 0.5) is 0 Å². The van der Waals surface area contributed by atoms with Gasteiger partial charge in [0.15, 0.2) is 11.6 Å². The van der Waals surface area contributed by atoms with Crippen LogP contribution in [-0.4, -0.2) is 11.6 Å². The standard InChI is InChI=1S/C34H26O2.Pd/c35-33(23-21-27-13-5-1-6-14-27)31(25-29-17-9-3-10-18-29)32(26-30-19-11-4-12-20-30)34(36)24-22-28-15-7-2-8-16-28;/h1-26H;. The summed E-state index contributed by atoms with van der Waals surface area (Å²) in [5, 5.41) is 0. The molecule has 0 N–H and O–H groups in total. The molecular weight excluding hydrogens is 547 g/mol. The summed E-state index contributed by atoms with van der Waals surface area (Å²) in [6.07, 6.45) is 10.1. The second kappa shape index (κ2) is 14.4. The third-order valence-electron chi connectivity index (χ3n) is 5.50. The Kier molecular flexibility index (Phi) is 10.7. The van der Waals surface area contributed by atoms with E-state index < -0.39 is 0 Å². The van der Waals surface area contributed by atoms with Crippen molar-refractivity contribution in [2.45, 2.75) is 0 Å². The van der Waals surface area contributed by atoms with Gasteiger partial charge in [0.05, 0.1) is 0 Å². The van der Waals surface area contributed by atoms with E-state index in [1.54, 1.807) is 24.3 Å². The van der Waals surface area contributed by atoms with Gasteiger partial charge in [-0.25, -0.2) is 0 Å². The van der Waals surface area contributed by atoms with Crippen molar-refractivity contribution in [2.24, 2.45) is 0 Å². The summed E-state index contributed by atoms with van der Waals surface area (Å²) >= 11 is 0. The van der Waals surface area contributed by atoms with Crippen LogP contribution in [0.3, 0.4) is 0 Å². The molecule has 37 heavy (non-hydrogen) atoms. The fourth-order valence-corrected chi connectivity index (χ4v) is 3.65. The predicted octanol–water partition coefficient (Wildman–Crippen LogP) is 7.72. The van der Waals surface area contributed by atoms with Crippen LogP contribution in [-0.2, 0) is 30.0 Å². The van der Waals surface area contributed by atoms with E-state index in [1.165, 1.54) is 12.2 Å². The number of hydrogen-bond donors (Lipinski definition) is 0. The second-order valence-corrected chi connectivity index (χ2v) is 8.15. The Balaban J connectivity index is 0.00000380. The molecule has 0 fully saturated rings. The normalized spacial score (nSPS) is 11.9. The third-order valence-corrected chi connectivity index (χ3v) is 5.50. The summed E-state index contributed by atoms with van der Waals surface area (Å²) in [5.74, 6) is -0.488. The van der Waals surface area contributed by atoms with Gasteiger partial charge < -0.3 is 0 Å². The molecule has 0 unspecified atom stereocenters. The van der Waals surface area contributed by atoms with Crippen LogP contribution in [0, 0.1) is 0 Å². The van der Waals surface area contributed by atoms with Crippen molar-refractivity contribution in [3.05, 3.63) is 167 Å². The van der Waals surface area contributed by atoms with Crippen molar-refractivity contribution in [3.63, 3.8) is 0 Å². The molecule has 0 heterocycles. The van der Waals surface area contributed by atoms with Crippen molar-refractivity contribution >= 4 is 35.9 Å². The van der Waals surface area contributed by atoms with Gasteiger partial charge in [-0.1, -0.05) is 133 Å². The molecule has 0 saturated carbocycles. The van der Waals surface area contributed by atoms with Crippen LogP contribution in [0.5, 0.6) is 0 Å². The summed E-state index contributed by atoms with van der Waals surface area (Å²) in [6.45, 7) is 0. The number of carbonyl (C=O) groups excluding carboxylic acids is 2. The van der Waals surface area contributed by atoms with Crippen molar-refractivity contribution < 1.29 is 30.0 Å². The fourth-order valence-electron chi connectivity index (χ4n) is 3.65. The van der Waals surface area contributed by atoms with Crippen LogP contribution in [0.2, 0.25) is 0 Å². The first kappa shape index (κ1) is 27.4. The number of rotatable bonds is 9. The largest absolute Gasteiger partial charge is 0.289 e. The Bertz CT molecular complexity index is 1300. The molecule has 0 amide bonds. The summed E-state index contributed by atoms with van der Waals surface area (Å²) in [4.78, 5) is 27.1. The van der Waals surface area contributed by atoms with Gasteiger partial charge >= 0.3 is 0 Å². The van der Waals surface area contributed by atoms with E-state index in [0.29, 0.717) is 11.1 Å². The van der Waals surface area contributed by atoms with Gasteiger partial charge in [0.25, 0.3) is 0 Å². The van der Waals surface area contributed by atoms with E-state index in [9.17, 15) is 9.59 Å². The quantitative estimate of drug-likeness (QED) is 0.117. The molecular formula is C34H26O2Pd. The van der Waals surface area contributed by atoms with E-state index in [4.69, 9.17) is 0 Å². The molecule has 4 rings (SSSR count). The molecule has 0 spiro atoms. The molecule has 184 valence electrons. The maximum absolute atomic E-state index is 13.6. The van der Waals surface area contributed by atoms with Crippen LogP contribution in [0.1, 0.15) is 22.3 Å². The van der Waals surface area contributed by atoms with Crippen molar-refractivity contribution in [1.29, 1.82) is 0 Å². The maximum atomic E-state index is 13.6. The average Bonchev–Trinajstić information content (AvgIpc) is 2.94. The Hall–Kier alpha value is -4.16. The Labute approximate surface area is 232 Å². The second-order valence-electron chi connectivity index (χ2n) is 8.15. The topological polar surface area (TPSA) is 34.1 Å². The van der Waals surface area contributed by atoms with Crippen LogP contribution in [0.15, 0.2) is 145 Å². The van der Waals surface area contributed by atoms with Crippen LogP contribution < -0.4 is 0 Å². The number of carbonyl (C=O) groups is 2. The molecule has 0 radical (unpaired) electrons. The van der Waals surface area contributed by atoms with E-state index in [2.05, 4.69) is 0 Å². The SMILES string of the molecule is O=C(C=Cc1ccccc1)C(=Cc1ccccc1)C(=Cc1ccccc1)C(=O)C=Cc1ccccc1.[Pd]. The minimum Gasteiger partial charge on any atom is -0.289 e. The molecule has 0 saturated heterocycles. The molecule has 0 aliphatic rings. The number of benzene rings is 4. The Morgan fingerprint density at radius 2 is 0.676 bits per heavy atom. The van der Waals surface area contributed by atoms with E-state index in [1.807, 2.05) is 121 Å². The summed E-state index contributed by atoms with van der Waals surface area (Å²) < 4.78 is 0. The Morgan fingerprint density at radius 3 is 0.973 bits per heavy atom. The van der Waals surface area contributed by atoms with Gasteiger partial charge in [-0.15, -0.1) is 0 Å². The van der Waals surface area contributed by atoms with Crippen LogP contribution >= 0.6 is 0 Å². The van der Waals surface area contributed by atoms with Gasteiger partial charge in [-0.2, -0.15) is 0 Å². The van der Waals surface area contributed by atoms with Crippen molar-refractivity contribution in [1.82, 2.24) is 0 Å². The van der Waals surface area contributed by atoms with Gasteiger partial charge in [-0.3, -0.25) is 9.59 Å². The number of allylic oxidation sites excluding steroid dienone is 4. The third kappa shape index (κ3) is 8.48. The first-order valence-electron chi connectivity index (χ1n) is 11.8. The van der Waals surface area contributed by atoms with Crippen LogP contribution in [0.25, 0.3) is 24.3 Å². The van der Waals surface area contributed by atoms with E-state index in [0.717, 1.165) is 22.3 Å². The zero-order chi connectivity index (χ0) is 25.0. The molecule has 0 atom stereocenters. The summed E-state index contributed by atoms with van der Waals surface area (Å²) in [7, 11) is 0. The number of hydrogen-bond acceptors (Lipinski definition) is 2. The van der Waals surface area contributed by atoms with E-state index >= 15 is 0 Å². The molecule has 0 aromatic heterocycles. The molecule has 0 aliphatic carbocycles. The van der Waals surface area contributed by atoms with Gasteiger partial charge in [0.1, 0.15) is 0 Å².